The number of rotatable bonds is 8. The molecule has 0 aliphatic rings. The second-order valence-corrected chi connectivity index (χ2v) is 4.67. The number of nitrogens with one attached hydrogen (secondary N) is 1. The predicted octanol–water partition coefficient (Wildman–Crippen LogP) is 2.92. The highest BCUT2D eigenvalue weighted by molar-refractivity contribution is 6.34. The first-order valence-corrected chi connectivity index (χ1v) is 6.80. The fourth-order valence-corrected chi connectivity index (χ4v) is 1.86. The van der Waals surface area contributed by atoms with Crippen LogP contribution in [0.1, 0.15) is 13.3 Å². The van der Waals surface area contributed by atoms with Crippen molar-refractivity contribution in [1.29, 1.82) is 0 Å². The fraction of sp³-hybridized carbons (Fsp3) is 0.462. The van der Waals surface area contributed by atoms with Gasteiger partial charge in [0.2, 0.25) is 0 Å². The molecular weight excluding hydrogens is 289 g/mol. The molecule has 0 aromatic heterocycles. The van der Waals surface area contributed by atoms with Gasteiger partial charge in [0.25, 0.3) is 5.91 Å². The first kappa shape index (κ1) is 16.1. The molecule has 0 unspecified atom stereocenters. The minimum Gasteiger partial charge on any atom is -0.484 e. The quantitative estimate of drug-likeness (QED) is 0.751. The summed E-state index contributed by atoms with van der Waals surface area (Å²) in [6.45, 7) is 3.76. The van der Waals surface area contributed by atoms with E-state index in [9.17, 15) is 4.79 Å². The average Bonchev–Trinajstić information content (AvgIpc) is 2.35. The molecule has 1 aromatic carbocycles. The van der Waals surface area contributed by atoms with Crippen molar-refractivity contribution in [2.45, 2.75) is 13.3 Å². The first-order chi connectivity index (χ1) is 9.11. The van der Waals surface area contributed by atoms with Crippen molar-refractivity contribution >= 4 is 29.1 Å². The van der Waals surface area contributed by atoms with Crippen LogP contribution in [0.4, 0.5) is 0 Å². The van der Waals surface area contributed by atoms with Crippen molar-refractivity contribution in [3.63, 3.8) is 0 Å². The molecule has 1 N–H and O–H groups in total. The maximum absolute atomic E-state index is 11.5. The summed E-state index contributed by atoms with van der Waals surface area (Å²) >= 11 is 11.6. The van der Waals surface area contributed by atoms with Gasteiger partial charge < -0.3 is 14.8 Å². The van der Waals surface area contributed by atoms with Crippen LogP contribution in [0.25, 0.3) is 0 Å². The number of carbonyl (C=O) groups is 1. The van der Waals surface area contributed by atoms with Gasteiger partial charge in [-0.1, -0.05) is 23.2 Å². The van der Waals surface area contributed by atoms with E-state index in [0.717, 1.165) is 6.42 Å². The Morgan fingerprint density at radius 3 is 2.58 bits per heavy atom. The summed E-state index contributed by atoms with van der Waals surface area (Å²) in [5.74, 6) is 0.287. The lowest BCUT2D eigenvalue weighted by Crippen LogP contribution is -2.30. The van der Waals surface area contributed by atoms with Gasteiger partial charge in [0.05, 0.1) is 0 Å². The Bertz CT molecular complexity index is 393. The van der Waals surface area contributed by atoms with E-state index in [1.54, 1.807) is 18.2 Å². The minimum atomic E-state index is -0.187. The molecule has 0 aliphatic heterocycles. The van der Waals surface area contributed by atoms with Gasteiger partial charge in [-0.15, -0.1) is 0 Å². The Balaban J connectivity index is 2.22. The van der Waals surface area contributed by atoms with Crippen molar-refractivity contribution < 1.29 is 14.3 Å². The Kier molecular flexibility index (Phi) is 7.63. The predicted molar refractivity (Wildman–Crippen MR) is 76.1 cm³/mol. The molecule has 1 amide bonds. The van der Waals surface area contributed by atoms with E-state index in [1.807, 2.05) is 6.92 Å². The fourth-order valence-electron chi connectivity index (χ4n) is 1.36. The average molecular weight is 306 g/mol. The molecule has 4 nitrogen and oxygen atoms in total. The first-order valence-electron chi connectivity index (χ1n) is 6.05. The standard InChI is InChI=1S/C13H17Cl2NO3/c1-2-18-5-3-4-16-13(17)9-19-12-7-10(14)6-11(15)8-12/h6-8H,2-5,9H2,1H3,(H,16,17). The molecule has 0 aliphatic carbocycles. The van der Waals surface area contributed by atoms with E-state index in [-0.39, 0.29) is 12.5 Å². The van der Waals surface area contributed by atoms with E-state index in [2.05, 4.69) is 5.32 Å². The molecule has 106 valence electrons. The number of benzene rings is 1. The molecule has 0 fully saturated rings. The molecule has 1 aromatic rings. The summed E-state index contributed by atoms with van der Waals surface area (Å²) < 4.78 is 10.5. The van der Waals surface area contributed by atoms with E-state index < -0.39 is 0 Å². The normalized spacial score (nSPS) is 10.3. The molecule has 0 atom stereocenters. The molecule has 19 heavy (non-hydrogen) atoms. The lowest BCUT2D eigenvalue weighted by Gasteiger charge is -2.08. The van der Waals surface area contributed by atoms with E-state index >= 15 is 0 Å². The van der Waals surface area contributed by atoms with Crippen LogP contribution in [0.5, 0.6) is 5.75 Å². The largest absolute Gasteiger partial charge is 0.484 e. The lowest BCUT2D eigenvalue weighted by atomic mass is 10.3. The number of hydrogen-bond donors (Lipinski definition) is 1. The second kappa shape index (κ2) is 9.02. The van der Waals surface area contributed by atoms with Crippen LogP contribution in [0, 0.1) is 0 Å². The summed E-state index contributed by atoms with van der Waals surface area (Å²) in [5.41, 5.74) is 0. The van der Waals surface area contributed by atoms with E-state index in [1.165, 1.54) is 0 Å². The molecule has 0 radical (unpaired) electrons. The highest BCUT2D eigenvalue weighted by Gasteiger charge is 2.04. The molecule has 0 spiro atoms. The van der Waals surface area contributed by atoms with Gasteiger partial charge in [-0.25, -0.2) is 0 Å². The van der Waals surface area contributed by atoms with Gasteiger partial charge in [-0.05, 0) is 31.5 Å². The van der Waals surface area contributed by atoms with Gasteiger partial charge in [0.15, 0.2) is 6.61 Å². The zero-order valence-corrected chi connectivity index (χ0v) is 12.3. The molecule has 0 saturated heterocycles. The highest BCUT2D eigenvalue weighted by Crippen LogP contribution is 2.23. The molecular formula is C13H17Cl2NO3. The van der Waals surface area contributed by atoms with Gasteiger partial charge >= 0.3 is 0 Å². The number of carbonyl (C=O) groups excluding carboxylic acids is 1. The van der Waals surface area contributed by atoms with Crippen LogP contribution in [0.2, 0.25) is 10.0 Å². The third-order valence-electron chi connectivity index (χ3n) is 2.20. The minimum absolute atomic E-state index is 0.0642. The molecule has 0 saturated carbocycles. The van der Waals surface area contributed by atoms with E-state index in [4.69, 9.17) is 32.7 Å². The third kappa shape index (κ3) is 7.25. The lowest BCUT2D eigenvalue weighted by molar-refractivity contribution is -0.123. The number of amides is 1. The van der Waals surface area contributed by atoms with Crippen LogP contribution in [-0.4, -0.2) is 32.3 Å². The zero-order valence-electron chi connectivity index (χ0n) is 10.7. The molecule has 0 bridgehead atoms. The maximum atomic E-state index is 11.5. The van der Waals surface area contributed by atoms with Crippen LogP contribution >= 0.6 is 23.2 Å². The van der Waals surface area contributed by atoms with Crippen LogP contribution < -0.4 is 10.1 Å². The van der Waals surface area contributed by atoms with Gasteiger partial charge in [-0.2, -0.15) is 0 Å². The smallest absolute Gasteiger partial charge is 0.257 e. The zero-order chi connectivity index (χ0) is 14.1. The van der Waals surface area contributed by atoms with Crippen molar-refractivity contribution in [2.75, 3.05) is 26.4 Å². The van der Waals surface area contributed by atoms with Crippen LogP contribution in [0.3, 0.4) is 0 Å². The van der Waals surface area contributed by atoms with Crippen molar-refractivity contribution in [2.24, 2.45) is 0 Å². The van der Waals surface area contributed by atoms with Gasteiger partial charge in [-0.3, -0.25) is 4.79 Å². The second-order valence-electron chi connectivity index (χ2n) is 3.79. The summed E-state index contributed by atoms with van der Waals surface area (Å²) in [5, 5.41) is 3.67. The summed E-state index contributed by atoms with van der Waals surface area (Å²) in [7, 11) is 0. The highest BCUT2D eigenvalue weighted by atomic mass is 35.5. The Labute approximate surface area is 123 Å². The summed E-state index contributed by atoms with van der Waals surface area (Å²) in [6, 6.07) is 4.81. The molecule has 6 heteroatoms. The topological polar surface area (TPSA) is 47.6 Å². The summed E-state index contributed by atoms with van der Waals surface area (Å²) in [6.07, 6.45) is 0.780. The number of halogens is 2. The van der Waals surface area contributed by atoms with Crippen molar-refractivity contribution in [1.82, 2.24) is 5.32 Å². The van der Waals surface area contributed by atoms with Crippen molar-refractivity contribution in [3.8, 4) is 5.75 Å². The maximum Gasteiger partial charge on any atom is 0.257 e. The summed E-state index contributed by atoms with van der Waals surface area (Å²) in [4.78, 5) is 11.5. The molecule has 0 heterocycles. The van der Waals surface area contributed by atoms with Crippen molar-refractivity contribution in [3.05, 3.63) is 28.2 Å². The third-order valence-corrected chi connectivity index (χ3v) is 2.63. The van der Waals surface area contributed by atoms with E-state index in [0.29, 0.717) is 35.6 Å². The van der Waals surface area contributed by atoms with Gasteiger partial charge in [0, 0.05) is 29.8 Å². The Morgan fingerprint density at radius 1 is 1.26 bits per heavy atom. The number of hydrogen-bond acceptors (Lipinski definition) is 3. The van der Waals surface area contributed by atoms with Crippen LogP contribution in [-0.2, 0) is 9.53 Å². The Morgan fingerprint density at radius 2 is 1.95 bits per heavy atom. The SMILES string of the molecule is CCOCCCNC(=O)COc1cc(Cl)cc(Cl)c1. The Hall–Kier alpha value is -0.970. The number of ether oxygens (including phenoxy) is 2. The van der Waals surface area contributed by atoms with Crippen LogP contribution in [0.15, 0.2) is 18.2 Å². The van der Waals surface area contributed by atoms with Gasteiger partial charge in [0.1, 0.15) is 5.75 Å². The monoisotopic (exact) mass is 305 g/mol. The molecule has 1 rings (SSSR count).